The van der Waals surface area contributed by atoms with Crippen LogP contribution in [-0.2, 0) is 3.63 Å². The maximum atomic E-state index is 13.3. The fourth-order valence-corrected chi connectivity index (χ4v) is 2.52. The van der Waals surface area contributed by atoms with Gasteiger partial charge in [-0.05, 0) is 24.3 Å². The molecule has 0 aliphatic rings. The fourth-order valence-electron chi connectivity index (χ4n) is 1.19. The van der Waals surface area contributed by atoms with Gasteiger partial charge in [-0.1, -0.05) is 12.1 Å². The molecule has 2 rings (SSSR count). The standard InChI is InChI=1S/C12H6F4OS2/c13-7-3-1-5-9(11(7)15)18-17-19-10-6-2-4-8(14)12(10)16/h1-6H. The third-order valence-corrected chi connectivity index (χ3v) is 3.61. The van der Waals surface area contributed by atoms with Crippen LogP contribution in [0.25, 0.3) is 0 Å². The molecule has 0 unspecified atom stereocenters. The molecule has 2 aromatic rings. The van der Waals surface area contributed by atoms with E-state index < -0.39 is 23.3 Å². The molecule has 0 aliphatic carbocycles. The highest BCUT2D eigenvalue weighted by Crippen LogP contribution is 2.33. The van der Waals surface area contributed by atoms with Crippen LogP contribution in [0.3, 0.4) is 0 Å². The summed E-state index contributed by atoms with van der Waals surface area (Å²) in [7, 11) is 0. The van der Waals surface area contributed by atoms with Gasteiger partial charge < -0.3 is 0 Å². The van der Waals surface area contributed by atoms with Crippen LogP contribution in [0, 0.1) is 23.3 Å². The molecule has 0 aromatic heterocycles. The lowest BCUT2D eigenvalue weighted by molar-refractivity contribution is 0.488. The van der Waals surface area contributed by atoms with Crippen LogP contribution in [-0.4, -0.2) is 0 Å². The van der Waals surface area contributed by atoms with Gasteiger partial charge >= 0.3 is 0 Å². The van der Waals surface area contributed by atoms with E-state index in [1.165, 1.54) is 24.3 Å². The molecule has 0 aliphatic heterocycles. The summed E-state index contributed by atoms with van der Waals surface area (Å²) in [6.07, 6.45) is 0. The summed E-state index contributed by atoms with van der Waals surface area (Å²) in [4.78, 5) is -0.159. The quantitative estimate of drug-likeness (QED) is 0.583. The maximum Gasteiger partial charge on any atom is 0.174 e. The molecule has 0 amide bonds. The van der Waals surface area contributed by atoms with Gasteiger partial charge in [0.25, 0.3) is 0 Å². The first-order valence-corrected chi connectivity index (χ1v) is 6.47. The second-order valence-electron chi connectivity index (χ2n) is 3.34. The van der Waals surface area contributed by atoms with E-state index in [0.717, 1.165) is 12.1 Å². The topological polar surface area (TPSA) is 9.23 Å². The van der Waals surface area contributed by atoms with Crippen molar-refractivity contribution in [1.29, 1.82) is 0 Å². The first-order valence-electron chi connectivity index (χ1n) is 4.99. The van der Waals surface area contributed by atoms with Gasteiger partial charge in [0, 0.05) is 24.1 Å². The Bertz CT molecular complexity index is 540. The van der Waals surface area contributed by atoms with Crippen molar-refractivity contribution in [3.05, 3.63) is 59.7 Å². The van der Waals surface area contributed by atoms with Crippen LogP contribution in [0.5, 0.6) is 0 Å². The van der Waals surface area contributed by atoms with E-state index in [0.29, 0.717) is 24.1 Å². The van der Waals surface area contributed by atoms with E-state index in [1.807, 2.05) is 0 Å². The average Bonchev–Trinajstić information content (AvgIpc) is 2.39. The molecule has 0 saturated heterocycles. The highest BCUT2D eigenvalue weighted by atomic mass is 32.2. The number of rotatable bonds is 4. The Kier molecular flexibility index (Phi) is 4.73. The zero-order valence-electron chi connectivity index (χ0n) is 9.20. The van der Waals surface area contributed by atoms with Gasteiger partial charge in [0.05, 0.1) is 9.79 Å². The fraction of sp³-hybridized carbons (Fsp3) is 0. The van der Waals surface area contributed by atoms with Crippen molar-refractivity contribution < 1.29 is 21.2 Å². The van der Waals surface area contributed by atoms with Crippen molar-refractivity contribution >= 4 is 24.1 Å². The lowest BCUT2D eigenvalue weighted by atomic mass is 10.3. The van der Waals surface area contributed by atoms with Crippen molar-refractivity contribution in [1.82, 2.24) is 0 Å². The molecule has 1 nitrogen and oxygen atoms in total. The van der Waals surface area contributed by atoms with Crippen LogP contribution in [0.15, 0.2) is 46.2 Å². The van der Waals surface area contributed by atoms with Crippen molar-refractivity contribution in [3.63, 3.8) is 0 Å². The smallest absolute Gasteiger partial charge is 0.174 e. The second-order valence-corrected chi connectivity index (χ2v) is 5.10. The summed E-state index contributed by atoms with van der Waals surface area (Å²) < 4.78 is 57.2. The summed E-state index contributed by atoms with van der Waals surface area (Å²) >= 11 is 1.06. The Morgan fingerprint density at radius 3 is 1.53 bits per heavy atom. The first kappa shape index (κ1) is 14.2. The third kappa shape index (κ3) is 3.43. The average molecular weight is 306 g/mol. The molecule has 0 heterocycles. The number of hydrogen-bond donors (Lipinski definition) is 0. The maximum absolute atomic E-state index is 13.3. The normalized spacial score (nSPS) is 10.7. The van der Waals surface area contributed by atoms with Crippen LogP contribution in [0.1, 0.15) is 0 Å². The minimum atomic E-state index is -1.05. The van der Waals surface area contributed by atoms with Gasteiger partial charge in [0.15, 0.2) is 23.3 Å². The predicted octanol–water partition coefficient (Wildman–Crippen LogP) is 4.97. The summed E-state index contributed by atoms with van der Waals surface area (Å²) in [5, 5.41) is 0. The molecule has 0 bridgehead atoms. The Labute approximate surface area is 115 Å². The first-order chi connectivity index (χ1) is 9.09. The Hall–Kier alpha value is -1.18. The molecular weight excluding hydrogens is 300 g/mol. The molecule has 0 saturated carbocycles. The molecule has 2 aromatic carbocycles. The Morgan fingerprint density at radius 2 is 1.11 bits per heavy atom. The molecular formula is C12H6F4OS2. The van der Waals surface area contributed by atoms with E-state index in [9.17, 15) is 17.6 Å². The van der Waals surface area contributed by atoms with E-state index in [-0.39, 0.29) is 9.79 Å². The Morgan fingerprint density at radius 1 is 0.684 bits per heavy atom. The molecule has 0 N–H and O–H groups in total. The molecule has 0 spiro atoms. The van der Waals surface area contributed by atoms with E-state index in [1.54, 1.807) is 0 Å². The van der Waals surface area contributed by atoms with E-state index in [4.69, 9.17) is 3.63 Å². The van der Waals surface area contributed by atoms with Gasteiger partial charge in [-0.15, -0.1) is 0 Å². The van der Waals surface area contributed by atoms with Gasteiger partial charge in [0.2, 0.25) is 0 Å². The van der Waals surface area contributed by atoms with Crippen LogP contribution in [0.4, 0.5) is 17.6 Å². The minimum absolute atomic E-state index is 0.0793. The predicted molar refractivity (Wildman–Crippen MR) is 65.5 cm³/mol. The van der Waals surface area contributed by atoms with Crippen molar-refractivity contribution in [2.75, 3.05) is 0 Å². The highest BCUT2D eigenvalue weighted by Gasteiger charge is 2.12. The van der Waals surface area contributed by atoms with Gasteiger partial charge in [-0.2, -0.15) is 0 Å². The lowest BCUT2D eigenvalue weighted by Crippen LogP contribution is -1.88. The van der Waals surface area contributed by atoms with Crippen LogP contribution < -0.4 is 0 Å². The molecule has 0 radical (unpaired) electrons. The summed E-state index contributed by atoms with van der Waals surface area (Å²) in [5.41, 5.74) is 0. The van der Waals surface area contributed by atoms with Gasteiger partial charge in [-0.25, -0.2) is 21.2 Å². The van der Waals surface area contributed by atoms with Gasteiger partial charge in [-0.3, -0.25) is 0 Å². The van der Waals surface area contributed by atoms with Crippen molar-refractivity contribution in [2.24, 2.45) is 0 Å². The molecule has 0 fully saturated rings. The second kappa shape index (κ2) is 6.31. The van der Waals surface area contributed by atoms with E-state index in [2.05, 4.69) is 0 Å². The Balaban J connectivity index is 2.00. The third-order valence-electron chi connectivity index (χ3n) is 2.08. The van der Waals surface area contributed by atoms with Crippen LogP contribution in [0.2, 0.25) is 0 Å². The van der Waals surface area contributed by atoms with Crippen LogP contribution >= 0.6 is 24.1 Å². The molecule has 19 heavy (non-hydrogen) atoms. The molecule has 0 atom stereocenters. The number of halogens is 4. The monoisotopic (exact) mass is 306 g/mol. The van der Waals surface area contributed by atoms with Crippen molar-refractivity contribution in [3.8, 4) is 0 Å². The SMILES string of the molecule is Fc1cccc(SOSc2cccc(F)c2F)c1F. The van der Waals surface area contributed by atoms with E-state index >= 15 is 0 Å². The minimum Gasteiger partial charge on any atom is -0.237 e. The zero-order valence-corrected chi connectivity index (χ0v) is 10.8. The molecule has 7 heteroatoms. The summed E-state index contributed by atoms with van der Waals surface area (Å²) in [6.45, 7) is 0. The van der Waals surface area contributed by atoms with Crippen molar-refractivity contribution in [2.45, 2.75) is 9.79 Å². The lowest BCUT2D eigenvalue weighted by Gasteiger charge is -2.04. The summed E-state index contributed by atoms with van der Waals surface area (Å²) in [5.74, 6) is -4.10. The molecule has 100 valence electrons. The highest BCUT2D eigenvalue weighted by molar-refractivity contribution is 8.07. The largest absolute Gasteiger partial charge is 0.237 e. The number of hydrogen-bond acceptors (Lipinski definition) is 3. The number of benzene rings is 2. The van der Waals surface area contributed by atoms with Gasteiger partial charge in [0.1, 0.15) is 0 Å². The summed E-state index contributed by atoms with van der Waals surface area (Å²) in [6, 6.07) is 7.20. The zero-order chi connectivity index (χ0) is 13.8.